The molecule has 0 heterocycles. The predicted molar refractivity (Wildman–Crippen MR) is 104 cm³/mol. The van der Waals surface area contributed by atoms with Crippen LogP contribution < -0.4 is 10.6 Å². The number of nitrogens with one attached hydrogen (secondary N) is 1. The zero-order valence-electron chi connectivity index (χ0n) is 16.2. The molecule has 2 amide bonds. The summed E-state index contributed by atoms with van der Waals surface area (Å²) in [6.07, 6.45) is 0. The van der Waals surface area contributed by atoms with Gasteiger partial charge in [-0.2, -0.15) is 0 Å². The van der Waals surface area contributed by atoms with Gasteiger partial charge >= 0.3 is 0 Å². The average Bonchev–Trinajstić information content (AvgIpc) is 2.63. The Kier molecular flexibility index (Phi) is 7.07. The molecule has 0 saturated heterocycles. The lowest BCUT2D eigenvalue weighted by molar-refractivity contribution is -0.692. The zero-order chi connectivity index (χ0) is 20.0. The second kappa shape index (κ2) is 9.28. The number of carbonyl (C=O) groups excluding carboxylic acids is 2. The van der Waals surface area contributed by atoms with Gasteiger partial charge in [-0.15, -0.1) is 0 Å². The molecule has 3 N–H and O–H groups in total. The highest BCUT2D eigenvalue weighted by molar-refractivity contribution is 5.95. The maximum absolute atomic E-state index is 13.1. The second-order valence-corrected chi connectivity index (χ2v) is 7.09. The van der Waals surface area contributed by atoms with Crippen molar-refractivity contribution in [1.82, 2.24) is 4.90 Å². The van der Waals surface area contributed by atoms with Crippen LogP contribution in [-0.4, -0.2) is 37.4 Å². The fraction of sp³-hybridized carbons (Fsp3) is 0.333. The summed E-state index contributed by atoms with van der Waals surface area (Å²) in [4.78, 5) is 25.7. The largest absolute Gasteiger partial charge is 0.345 e. The van der Waals surface area contributed by atoms with E-state index in [1.165, 1.54) is 17.0 Å². The van der Waals surface area contributed by atoms with Crippen molar-refractivity contribution in [1.29, 1.82) is 0 Å². The Morgan fingerprint density at radius 1 is 1.04 bits per heavy atom. The quantitative estimate of drug-likeness (QED) is 0.784. The highest BCUT2D eigenvalue weighted by Crippen LogP contribution is 2.18. The van der Waals surface area contributed by atoms with Gasteiger partial charge in [-0.25, -0.2) is 4.39 Å². The van der Waals surface area contributed by atoms with Gasteiger partial charge in [0.15, 0.2) is 6.54 Å². The molecule has 0 bridgehead atoms. The van der Waals surface area contributed by atoms with Crippen LogP contribution in [0.3, 0.4) is 0 Å². The number of quaternary nitrogens is 1. The molecule has 0 aromatic heterocycles. The lowest BCUT2D eigenvalue weighted by Gasteiger charge is -2.19. The van der Waals surface area contributed by atoms with Crippen molar-refractivity contribution >= 4 is 17.5 Å². The minimum atomic E-state index is -0.268. The molecular weight excluding hydrogens is 345 g/mol. The summed E-state index contributed by atoms with van der Waals surface area (Å²) < 4.78 is 13.1. The van der Waals surface area contributed by atoms with Crippen LogP contribution in [-0.2, 0) is 4.79 Å². The molecule has 5 nitrogen and oxygen atoms in total. The van der Waals surface area contributed by atoms with Crippen LogP contribution in [0.25, 0.3) is 0 Å². The Hall–Kier alpha value is -2.73. The predicted octanol–water partition coefficient (Wildman–Crippen LogP) is 2.43. The van der Waals surface area contributed by atoms with Crippen LogP contribution in [0.5, 0.6) is 0 Å². The Balaban J connectivity index is 1.94. The van der Waals surface area contributed by atoms with Crippen LogP contribution in [0.2, 0.25) is 0 Å². The zero-order valence-corrected chi connectivity index (χ0v) is 16.2. The minimum Gasteiger partial charge on any atom is -0.345 e. The molecule has 0 aliphatic heterocycles. The average molecular weight is 372 g/mol. The molecule has 0 aliphatic rings. The van der Waals surface area contributed by atoms with Crippen LogP contribution >= 0.6 is 0 Å². The topological polar surface area (TPSA) is 66.0 Å². The molecule has 0 radical (unpaired) electrons. The molecule has 2 aromatic rings. The van der Waals surface area contributed by atoms with Crippen molar-refractivity contribution < 1.29 is 19.3 Å². The van der Waals surface area contributed by atoms with Gasteiger partial charge in [-0.3, -0.25) is 9.59 Å². The molecule has 2 rings (SSSR count). The number of nitrogens with zero attached hydrogens (tertiary/aromatic N) is 1. The van der Waals surface area contributed by atoms with E-state index in [1.807, 2.05) is 5.32 Å². The summed E-state index contributed by atoms with van der Waals surface area (Å²) in [6.45, 7) is 4.39. The van der Waals surface area contributed by atoms with Gasteiger partial charge in [0.25, 0.3) is 11.8 Å². The normalized spacial score (nSPS) is 11.9. The fourth-order valence-corrected chi connectivity index (χ4v) is 2.88. The monoisotopic (exact) mass is 372 g/mol. The number of hydrogen-bond donors (Lipinski definition) is 2. The molecule has 0 unspecified atom stereocenters. The first-order valence-electron chi connectivity index (χ1n) is 8.98. The van der Waals surface area contributed by atoms with Gasteiger partial charge in [0.05, 0.1) is 0 Å². The Morgan fingerprint density at radius 2 is 1.63 bits per heavy atom. The summed E-state index contributed by atoms with van der Waals surface area (Å²) in [6, 6.07) is 13.3. The Morgan fingerprint density at radius 3 is 2.15 bits per heavy atom. The third-order valence-electron chi connectivity index (χ3n) is 4.35. The summed E-state index contributed by atoms with van der Waals surface area (Å²) in [5, 5.41) is 4.79. The van der Waals surface area contributed by atoms with E-state index in [1.54, 1.807) is 50.5 Å². The van der Waals surface area contributed by atoms with Crippen molar-refractivity contribution in [2.75, 3.05) is 26.0 Å². The molecule has 1 atom stereocenters. The van der Waals surface area contributed by atoms with E-state index in [4.69, 9.17) is 0 Å². The van der Waals surface area contributed by atoms with E-state index in [-0.39, 0.29) is 30.2 Å². The van der Waals surface area contributed by atoms with Gasteiger partial charge < -0.3 is 15.5 Å². The van der Waals surface area contributed by atoms with Crippen molar-refractivity contribution in [3.8, 4) is 0 Å². The van der Waals surface area contributed by atoms with E-state index in [0.29, 0.717) is 17.2 Å². The molecule has 27 heavy (non-hydrogen) atoms. The fourth-order valence-electron chi connectivity index (χ4n) is 2.88. The molecule has 0 spiro atoms. The number of nitrogens with two attached hydrogens (primary N) is 1. The number of anilines is 1. The van der Waals surface area contributed by atoms with E-state index in [2.05, 4.69) is 19.2 Å². The van der Waals surface area contributed by atoms with Crippen molar-refractivity contribution in [3.63, 3.8) is 0 Å². The highest BCUT2D eigenvalue weighted by atomic mass is 19.1. The maximum Gasteiger partial charge on any atom is 0.279 e. The van der Waals surface area contributed by atoms with E-state index in [9.17, 15) is 14.0 Å². The molecule has 2 aromatic carbocycles. The number of halogens is 1. The lowest BCUT2D eigenvalue weighted by Crippen LogP contribution is -2.88. The van der Waals surface area contributed by atoms with E-state index in [0.717, 1.165) is 5.56 Å². The van der Waals surface area contributed by atoms with Crippen LogP contribution in [0.15, 0.2) is 48.5 Å². The van der Waals surface area contributed by atoms with Crippen molar-refractivity contribution in [3.05, 3.63) is 65.5 Å². The summed E-state index contributed by atoms with van der Waals surface area (Å²) in [5.74, 6) is -0.190. The number of hydrogen-bond acceptors (Lipinski definition) is 2. The van der Waals surface area contributed by atoms with Gasteiger partial charge in [-0.1, -0.05) is 26.0 Å². The number of amides is 2. The van der Waals surface area contributed by atoms with Gasteiger partial charge in [0.2, 0.25) is 0 Å². The Labute approximate surface area is 159 Å². The third kappa shape index (κ3) is 5.89. The summed E-state index contributed by atoms with van der Waals surface area (Å²) in [7, 11) is 3.39. The van der Waals surface area contributed by atoms with E-state index < -0.39 is 0 Å². The van der Waals surface area contributed by atoms with Gasteiger partial charge in [-0.05, 0) is 36.4 Å². The lowest BCUT2D eigenvalue weighted by atomic mass is 9.96. The highest BCUT2D eigenvalue weighted by Gasteiger charge is 2.20. The first-order valence-corrected chi connectivity index (χ1v) is 8.98. The molecule has 0 aliphatic carbocycles. The SMILES string of the molecule is CC(C)[C@H]([NH2+]CC(=O)Nc1ccc(C(=O)N(C)C)cc1)c1ccc(F)cc1. The minimum absolute atomic E-state index is 0.0661. The standard InChI is InChI=1S/C21H26FN3O2/c1-14(2)20(15-5-9-17(22)10-6-15)23-13-19(26)24-18-11-7-16(8-12-18)21(27)25(3)4/h5-12,14,20,23H,13H2,1-4H3,(H,24,26)/p+1/t20-/m0/s1. The maximum atomic E-state index is 13.1. The smallest absolute Gasteiger partial charge is 0.279 e. The van der Waals surface area contributed by atoms with Crippen molar-refractivity contribution in [2.24, 2.45) is 5.92 Å². The van der Waals surface area contributed by atoms with Gasteiger partial charge in [0.1, 0.15) is 11.9 Å². The third-order valence-corrected chi connectivity index (χ3v) is 4.35. The molecule has 6 heteroatoms. The molecule has 0 saturated carbocycles. The molecular formula is C21H27FN3O2+. The molecule has 0 fully saturated rings. The Bertz CT molecular complexity index is 771. The van der Waals surface area contributed by atoms with Crippen LogP contribution in [0.1, 0.15) is 35.8 Å². The first-order chi connectivity index (χ1) is 12.8. The molecule has 144 valence electrons. The number of carbonyl (C=O) groups is 2. The number of benzene rings is 2. The second-order valence-electron chi connectivity index (χ2n) is 7.09. The number of rotatable bonds is 7. The van der Waals surface area contributed by atoms with Gasteiger partial charge in [0, 0.05) is 36.8 Å². The van der Waals surface area contributed by atoms with E-state index >= 15 is 0 Å². The van der Waals surface area contributed by atoms with Crippen molar-refractivity contribution in [2.45, 2.75) is 19.9 Å². The van der Waals surface area contributed by atoms with Crippen LogP contribution in [0.4, 0.5) is 10.1 Å². The summed E-state index contributed by atoms with van der Waals surface area (Å²) >= 11 is 0. The van der Waals surface area contributed by atoms with Crippen LogP contribution in [0, 0.1) is 11.7 Å². The first kappa shape index (κ1) is 20.6. The summed E-state index contributed by atoms with van der Waals surface area (Å²) in [5.41, 5.74) is 2.21.